The van der Waals surface area contributed by atoms with Gasteiger partial charge in [0.25, 0.3) is 0 Å². The molecule has 1 unspecified atom stereocenters. The quantitative estimate of drug-likeness (QED) is 0.701. The average Bonchev–Trinajstić information content (AvgIpc) is 2.35. The van der Waals surface area contributed by atoms with Crippen molar-refractivity contribution in [3.05, 3.63) is 29.8 Å². The Bertz CT molecular complexity index is 553. The molecule has 7 heteroatoms. The molecule has 0 bridgehead atoms. The Kier molecular flexibility index (Phi) is 5.67. The Morgan fingerprint density at radius 2 is 1.80 bits per heavy atom. The lowest BCUT2D eigenvalue weighted by molar-refractivity contribution is -0.121. The van der Waals surface area contributed by atoms with Crippen LogP contribution in [0.1, 0.15) is 25.8 Å². The summed E-state index contributed by atoms with van der Waals surface area (Å²) in [5.74, 6) is 0.122. The van der Waals surface area contributed by atoms with Crippen LogP contribution in [0.15, 0.2) is 29.2 Å². The van der Waals surface area contributed by atoms with Gasteiger partial charge in [-0.05, 0) is 23.6 Å². The molecule has 1 aromatic rings. The summed E-state index contributed by atoms with van der Waals surface area (Å²) in [4.78, 5) is 11.7. The van der Waals surface area contributed by atoms with Crippen LogP contribution >= 0.6 is 0 Å². The fourth-order valence-corrected chi connectivity index (χ4v) is 2.04. The highest BCUT2D eigenvalue weighted by molar-refractivity contribution is 7.89. The van der Waals surface area contributed by atoms with Crippen LogP contribution < -0.4 is 16.2 Å². The molecule has 0 aromatic heterocycles. The second-order valence-corrected chi connectivity index (χ2v) is 6.64. The van der Waals surface area contributed by atoms with E-state index in [-0.39, 0.29) is 29.2 Å². The topological polar surface area (TPSA) is 115 Å². The van der Waals surface area contributed by atoms with E-state index >= 15 is 0 Å². The van der Waals surface area contributed by atoms with Crippen molar-refractivity contribution in [1.82, 2.24) is 5.32 Å². The molecule has 0 spiro atoms. The fraction of sp³-hybridized carbons (Fsp3) is 0.462. The second-order valence-electron chi connectivity index (χ2n) is 5.08. The summed E-state index contributed by atoms with van der Waals surface area (Å²) in [5.41, 5.74) is 6.61. The minimum Gasteiger partial charge on any atom is -0.352 e. The van der Waals surface area contributed by atoms with Gasteiger partial charge in [0.05, 0.1) is 4.90 Å². The monoisotopic (exact) mass is 299 g/mol. The molecule has 0 fully saturated rings. The summed E-state index contributed by atoms with van der Waals surface area (Å²) < 4.78 is 22.2. The molecule has 112 valence electrons. The lowest BCUT2D eigenvalue weighted by Crippen LogP contribution is -2.34. The highest BCUT2D eigenvalue weighted by Gasteiger charge is 2.12. The number of hydrogen-bond acceptors (Lipinski definition) is 4. The van der Waals surface area contributed by atoms with Crippen molar-refractivity contribution in [3.63, 3.8) is 0 Å². The van der Waals surface area contributed by atoms with Gasteiger partial charge in [0.2, 0.25) is 15.9 Å². The number of amides is 1. The smallest absolute Gasteiger partial charge is 0.238 e. The molecule has 6 nitrogen and oxygen atoms in total. The SMILES string of the molecule is CC(C)C(N)CC(=O)NCc1ccc(S(N)(=O)=O)cc1. The maximum atomic E-state index is 11.7. The van der Waals surface area contributed by atoms with Crippen molar-refractivity contribution in [2.24, 2.45) is 16.8 Å². The van der Waals surface area contributed by atoms with E-state index in [0.29, 0.717) is 6.54 Å². The van der Waals surface area contributed by atoms with E-state index in [0.717, 1.165) is 5.56 Å². The van der Waals surface area contributed by atoms with Gasteiger partial charge in [0.1, 0.15) is 0 Å². The molecule has 0 aliphatic rings. The number of benzene rings is 1. The minimum absolute atomic E-state index is 0.0504. The van der Waals surface area contributed by atoms with Gasteiger partial charge >= 0.3 is 0 Å². The Balaban J connectivity index is 2.52. The zero-order chi connectivity index (χ0) is 15.3. The summed E-state index contributed by atoms with van der Waals surface area (Å²) in [6.45, 7) is 4.25. The van der Waals surface area contributed by atoms with E-state index in [1.54, 1.807) is 12.1 Å². The first-order chi connectivity index (χ1) is 9.20. The molecule has 1 atom stereocenters. The fourth-order valence-electron chi connectivity index (χ4n) is 1.52. The highest BCUT2D eigenvalue weighted by atomic mass is 32.2. The van der Waals surface area contributed by atoms with Gasteiger partial charge in [-0.15, -0.1) is 0 Å². The summed E-state index contributed by atoms with van der Waals surface area (Å²) >= 11 is 0. The van der Waals surface area contributed by atoms with Crippen molar-refractivity contribution >= 4 is 15.9 Å². The predicted molar refractivity (Wildman–Crippen MR) is 77.1 cm³/mol. The summed E-state index contributed by atoms with van der Waals surface area (Å²) in [6, 6.07) is 5.89. The number of nitrogens with one attached hydrogen (secondary N) is 1. The Labute approximate surface area is 119 Å². The molecular formula is C13H21N3O3S. The molecular weight excluding hydrogens is 278 g/mol. The number of carbonyl (C=O) groups excluding carboxylic acids is 1. The minimum atomic E-state index is -3.68. The largest absolute Gasteiger partial charge is 0.352 e. The summed E-state index contributed by atoms with van der Waals surface area (Å²) in [6.07, 6.45) is 0.271. The van der Waals surface area contributed by atoms with Gasteiger partial charge in [-0.3, -0.25) is 4.79 Å². The second kappa shape index (κ2) is 6.83. The first kappa shape index (κ1) is 16.6. The van der Waals surface area contributed by atoms with Crippen molar-refractivity contribution in [1.29, 1.82) is 0 Å². The molecule has 20 heavy (non-hydrogen) atoms. The predicted octanol–water partition coefficient (Wildman–Crippen LogP) is 0.324. The standard InChI is InChI=1S/C13H21N3O3S/c1-9(2)12(14)7-13(17)16-8-10-3-5-11(6-4-10)20(15,18)19/h3-6,9,12H,7-8,14H2,1-2H3,(H,16,17)(H2,15,18,19). The van der Waals surface area contributed by atoms with E-state index in [2.05, 4.69) is 5.32 Å². The van der Waals surface area contributed by atoms with Crippen LogP contribution in [0, 0.1) is 5.92 Å². The lowest BCUT2D eigenvalue weighted by atomic mass is 10.0. The lowest BCUT2D eigenvalue weighted by Gasteiger charge is -2.15. The van der Waals surface area contributed by atoms with Gasteiger partial charge in [0, 0.05) is 19.0 Å². The van der Waals surface area contributed by atoms with E-state index in [1.165, 1.54) is 12.1 Å². The Morgan fingerprint density at radius 3 is 2.25 bits per heavy atom. The van der Waals surface area contributed by atoms with E-state index in [4.69, 9.17) is 10.9 Å². The molecule has 1 amide bonds. The summed E-state index contributed by atoms with van der Waals surface area (Å²) in [5, 5.41) is 7.74. The van der Waals surface area contributed by atoms with Crippen molar-refractivity contribution in [3.8, 4) is 0 Å². The maximum absolute atomic E-state index is 11.7. The first-order valence-corrected chi connectivity index (χ1v) is 7.89. The zero-order valence-electron chi connectivity index (χ0n) is 11.7. The third-order valence-corrected chi connectivity index (χ3v) is 3.95. The zero-order valence-corrected chi connectivity index (χ0v) is 12.5. The van der Waals surface area contributed by atoms with Crippen LogP contribution in [0.2, 0.25) is 0 Å². The first-order valence-electron chi connectivity index (χ1n) is 6.34. The van der Waals surface area contributed by atoms with Crippen molar-refractivity contribution < 1.29 is 13.2 Å². The van der Waals surface area contributed by atoms with Crippen LogP contribution in [0.4, 0.5) is 0 Å². The number of rotatable bonds is 6. The Morgan fingerprint density at radius 1 is 1.25 bits per heavy atom. The van der Waals surface area contributed by atoms with Crippen LogP contribution in [-0.2, 0) is 21.4 Å². The van der Waals surface area contributed by atoms with Crippen LogP contribution in [0.3, 0.4) is 0 Å². The van der Waals surface area contributed by atoms with E-state index < -0.39 is 10.0 Å². The molecule has 0 saturated carbocycles. The molecule has 0 saturated heterocycles. The third-order valence-electron chi connectivity index (χ3n) is 3.02. The number of carbonyl (C=O) groups is 1. The Hall–Kier alpha value is -1.44. The molecule has 0 heterocycles. The van der Waals surface area contributed by atoms with Gasteiger partial charge in [-0.25, -0.2) is 13.6 Å². The number of sulfonamides is 1. The number of primary sulfonamides is 1. The average molecular weight is 299 g/mol. The van der Waals surface area contributed by atoms with E-state index in [9.17, 15) is 13.2 Å². The van der Waals surface area contributed by atoms with Crippen molar-refractivity contribution in [2.75, 3.05) is 0 Å². The molecule has 1 aromatic carbocycles. The normalized spacial score (nSPS) is 13.2. The summed E-state index contributed by atoms with van der Waals surface area (Å²) in [7, 11) is -3.68. The molecule has 0 aliphatic heterocycles. The highest BCUT2D eigenvalue weighted by Crippen LogP contribution is 2.09. The number of hydrogen-bond donors (Lipinski definition) is 3. The molecule has 0 radical (unpaired) electrons. The van der Waals surface area contributed by atoms with Gasteiger partial charge in [0.15, 0.2) is 0 Å². The van der Waals surface area contributed by atoms with Gasteiger partial charge in [-0.2, -0.15) is 0 Å². The van der Waals surface area contributed by atoms with Crippen LogP contribution in [-0.4, -0.2) is 20.4 Å². The maximum Gasteiger partial charge on any atom is 0.238 e. The van der Waals surface area contributed by atoms with Crippen LogP contribution in [0.25, 0.3) is 0 Å². The molecule has 0 aliphatic carbocycles. The van der Waals surface area contributed by atoms with Gasteiger partial charge < -0.3 is 11.1 Å². The van der Waals surface area contributed by atoms with Crippen molar-refractivity contribution in [2.45, 2.75) is 37.8 Å². The van der Waals surface area contributed by atoms with Crippen LogP contribution in [0.5, 0.6) is 0 Å². The van der Waals surface area contributed by atoms with Gasteiger partial charge in [-0.1, -0.05) is 26.0 Å². The molecule has 1 rings (SSSR count). The van der Waals surface area contributed by atoms with E-state index in [1.807, 2.05) is 13.8 Å². The third kappa shape index (κ3) is 5.28. The number of nitrogens with two attached hydrogens (primary N) is 2. The molecule has 5 N–H and O–H groups in total.